The van der Waals surface area contributed by atoms with E-state index in [9.17, 15) is 0 Å². The largest absolute Gasteiger partial charge is 0.497 e. The number of methoxy groups -OCH3 is 1. The molecule has 2 rings (SSSR count). The van der Waals surface area contributed by atoms with Crippen LogP contribution in [-0.4, -0.2) is 30.6 Å². The van der Waals surface area contributed by atoms with Crippen LogP contribution >= 0.6 is 0 Å². The highest BCUT2D eigenvalue weighted by molar-refractivity contribution is 5.31. The molecule has 1 aliphatic rings. The molecule has 2 N–H and O–H groups in total. The Morgan fingerprint density at radius 1 is 1.33 bits per heavy atom. The lowest BCUT2D eigenvalue weighted by Gasteiger charge is -2.39. The third-order valence-corrected chi connectivity index (χ3v) is 4.68. The van der Waals surface area contributed by atoms with Crippen molar-refractivity contribution in [2.45, 2.75) is 64.1 Å². The predicted octanol–water partition coefficient (Wildman–Crippen LogP) is 3.74. The van der Waals surface area contributed by atoms with Gasteiger partial charge in [-0.25, -0.2) is 0 Å². The van der Waals surface area contributed by atoms with E-state index in [4.69, 9.17) is 10.5 Å². The Hall–Kier alpha value is -1.06. The fourth-order valence-electron chi connectivity index (χ4n) is 3.63. The number of benzene rings is 1. The van der Waals surface area contributed by atoms with Gasteiger partial charge in [0.25, 0.3) is 0 Å². The van der Waals surface area contributed by atoms with Crippen molar-refractivity contribution in [3.8, 4) is 5.75 Å². The maximum absolute atomic E-state index is 6.38. The van der Waals surface area contributed by atoms with Crippen LogP contribution in [0.3, 0.4) is 0 Å². The quantitative estimate of drug-likeness (QED) is 0.898. The van der Waals surface area contributed by atoms with Gasteiger partial charge in [-0.3, -0.25) is 4.90 Å². The summed E-state index contributed by atoms with van der Waals surface area (Å²) in [4.78, 5) is 2.65. The van der Waals surface area contributed by atoms with E-state index in [2.05, 4.69) is 36.9 Å². The lowest BCUT2D eigenvalue weighted by Crippen LogP contribution is -2.44. The van der Waals surface area contributed by atoms with Gasteiger partial charge in [0.2, 0.25) is 0 Å². The Morgan fingerprint density at radius 2 is 2.14 bits per heavy atom. The number of likely N-dealkylation sites (tertiary alicyclic amines) is 1. The molecule has 0 aliphatic carbocycles. The van der Waals surface area contributed by atoms with Gasteiger partial charge in [0, 0.05) is 12.1 Å². The molecular formula is C18H30N2O. The van der Waals surface area contributed by atoms with Crippen LogP contribution in [-0.2, 0) is 0 Å². The van der Waals surface area contributed by atoms with Crippen molar-refractivity contribution < 1.29 is 4.74 Å². The third-order valence-electron chi connectivity index (χ3n) is 4.68. The molecular weight excluding hydrogens is 260 g/mol. The van der Waals surface area contributed by atoms with E-state index in [1.165, 1.54) is 37.7 Å². The average molecular weight is 290 g/mol. The van der Waals surface area contributed by atoms with E-state index in [-0.39, 0.29) is 12.1 Å². The van der Waals surface area contributed by atoms with Crippen molar-refractivity contribution in [3.05, 3.63) is 29.8 Å². The summed E-state index contributed by atoms with van der Waals surface area (Å²) in [5, 5.41) is 0. The molecule has 0 amide bonds. The minimum absolute atomic E-state index is 0.115. The monoisotopic (exact) mass is 290 g/mol. The second-order valence-electron chi connectivity index (χ2n) is 6.23. The van der Waals surface area contributed by atoms with Crippen LogP contribution < -0.4 is 10.5 Å². The molecule has 3 heteroatoms. The Labute approximate surface area is 129 Å². The van der Waals surface area contributed by atoms with E-state index in [0.717, 1.165) is 12.3 Å². The molecule has 118 valence electrons. The average Bonchev–Trinajstić information content (AvgIpc) is 2.73. The summed E-state index contributed by atoms with van der Waals surface area (Å²) in [6.07, 6.45) is 6.47. The van der Waals surface area contributed by atoms with E-state index in [1.807, 2.05) is 6.07 Å². The molecule has 0 spiro atoms. The summed E-state index contributed by atoms with van der Waals surface area (Å²) in [5.74, 6) is 0.918. The fraction of sp³-hybridized carbons (Fsp3) is 0.667. The van der Waals surface area contributed by atoms with Crippen molar-refractivity contribution in [1.82, 2.24) is 4.90 Å². The summed E-state index contributed by atoms with van der Waals surface area (Å²) in [6, 6.07) is 9.45. The third kappa shape index (κ3) is 3.98. The maximum atomic E-state index is 6.38. The van der Waals surface area contributed by atoms with Crippen LogP contribution in [0, 0.1) is 0 Å². The topological polar surface area (TPSA) is 38.5 Å². The zero-order chi connectivity index (χ0) is 15.2. The number of nitrogens with zero attached hydrogens (tertiary/aromatic N) is 1. The van der Waals surface area contributed by atoms with Crippen LogP contribution in [0.25, 0.3) is 0 Å². The number of hydrogen-bond acceptors (Lipinski definition) is 3. The van der Waals surface area contributed by atoms with Gasteiger partial charge in [0.05, 0.1) is 13.2 Å². The molecule has 1 fully saturated rings. The molecule has 3 nitrogen and oxygen atoms in total. The van der Waals surface area contributed by atoms with Gasteiger partial charge >= 0.3 is 0 Å². The lowest BCUT2D eigenvalue weighted by molar-refractivity contribution is 0.117. The molecule has 1 aromatic carbocycles. The normalized spacial score (nSPS) is 23.3. The van der Waals surface area contributed by atoms with Gasteiger partial charge in [0.1, 0.15) is 5.75 Å². The van der Waals surface area contributed by atoms with Crippen LogP contribution in [0.5, 0.6) is 5.75 Å². The van der Waals surface area contributed by atoms with Gasteiger partial charge in [-0.2, -0.15) is 0 Å². The zero-order valence-corrected chi connectivity index (χ0v) is 13.7. The molecule has 1 aromatic rings. The number of rotatable bonds is 5. The van der Waals surface area contributed by atoms with E-state index in [0.29, 0.717) is 6.04 Å². The van der Waals surface area contributed by atoms with Crippen LogP contribution in [0.2, 0.25) is 0 Å². The summed E-state index contributed by atoms with van der Waals surface area (Å²) < 4.78 is 5.39. The first kappa shape index (κ1) is 16.3. The van der Waals surface area contributed by atoms with E-state index < -0.39 is 0 Å². The van der Waals surface area contributed by atoms with Gasteiger partial charge in [0.15, 0.2) is 0 Å². The van der Waals surface area contributed by atoms with Crippen molar-refractivity contribution in [1.29, 1.82) is 0 Å². The van der Waals surface area contributed by atoms with Crippen LogP contribution in [0.1, 0.15) is 57.6 Å². The standard InChI is InChI=1S/C18H30N2O/c1-4-16-10-6-5-7-12-20(16)18(14(2)19)15-9-8-11-17(13-15)21-3/h8-9,11,13-14,16,18H,4-7,10,12,19H2,1-3H3. The summed E-state index contributed by atoms with van der Waals surface area (Å²) in [7, 11) is 1.72. The summed E-state index contributed by atoms with van der Waals surface area (Å²) >= 11 is 0. The number of hydrogen-bond donors (Lipinski definition) is 1. The maximum Gasteiger partial charge on any atom is 0.119 e. The van der Waals surface area contributed by atoms with E-state index in [1.54, 1.807) is 7.11 Å². The zero-order valence-electron chi connectivity index (χ0n) is 13.7. The highest BCUT2D eigenvalue weighted by Gasteiger charge is 2.30. The molecule has 3 atom stereocenters. The van der Waals surface area contributed by atoms with E-state index >= 15 is 0 Å². The second-order valence-corrected chi connectivity index (χ2v) is 6.23. The van der Waals surface area contributed by atoms with Crippen LogP contribution in [0.4, 0.5) is 0 Å². The minimum Gasteiger partial charge on any atom is -0.497 e. The van der Waals surface area contributed by atoms with Crippen LogP contribution in [0.15, 0.2) is 24.3 Å². The minimum atomic E-state index is 0.115. The first-order chi connectivity index (χ1) is 10.2. The highest BCUT2D eigenvalue weighted by atomic mass is 16.5. The Balaban J connectivity index is 2.31. The first-order valence-corrected chi connectivity index (χ1v) is 8.32. The van der Waals surface area contributed by atoms with Gasteiger partial charge in [-0.1, -0.05) is 31.9 Å². The molecule has 21 heavy (non-hydrogen) atoms. The Morgan fingerprint density at radius 3 is 2.81 bits per heavy atom. The predicted molar refractivity (Wildman–Crippen MR) is 88.6 cm³/mol. The second kappa shape index (κ2) is 7.81. The van der Waals surface area contributed by atoms with Gasteiger partial charge < -0.3 is 10.5 Å². The van der Waals surface area contributed by atoms with Crippen molar-refractivity contribution >= 4 is 0 Å². The van der Waals surface area contributed by atoms with Gasteiger partial charge in [-0.15, -0.1) is 0 Å². The molecule has 1 aliphatic heterocycles. The van der Waals surface area contributed by atoms with Gasteiger partial charge in [-0.05, 0) is 50.4 Å². The molecule has 0 radical (unpaired) electrons. The molecule has 0 saturated carbocycles. The SMILES string of the molecule is CCC1CCCCCN1C(c1cccc(OC)c1)C(C)N. The molecule has 1 saturated heterocycles. The highest BCUT2D eigenvalue weighted by Crippen LogP contribution is 2.32. The molecule has 0 aromatic heterocycles. The smallest absolute Gasteiger partial charge is 0.119 e. The molecule has 3 unspecified atom stereocenters. The first-order valence-electron chi connectivity index (χ1n) is 8.32. The Kier molecular flexibility index (Phi) is 6.07. The van der Waals surface area contributed by atoms with Crippen molar-refractivity contribution in [2.75, 3.05) is 13.7 Å². The van der Waals surface area contributed by atoms with Crippen molar-refractivity contribution in [3.63, 3.8) is 0 Å². The summed E-state index contributed by atoms with van der Waals surface area (Å²) in [5.41, 5.74) is 7.66. The Bertz CT molecular complexity index is 433. The lowest BCUT2D eigenvalue weighted by atomic mass is 9.95. The number of nitrogens with two attached hydrogens (primary N) is 1. The summed E-state index contributed by atoms with van der Waals surface area (Å²) in [6.45, 7) is 5.58. The number of ether oxygens (including phenoxy) is 1. The molecule has 0 bridgehead atoms. The fourth-order valence-corrected chi connectivity index (χ4v) is 3.63. The van der Waals surface area contributed by atoms with Crippen molar-refractivity contribution in [2.24, 2.45) is 5.73 Å². The molecule has 1 heterocycles.